The van der Waals surface area contributed by atoms with Gasteiger partial charge in [-0.05, 0) is 47.7 Å². The number of halogens is 1. The highest BCUT2D eigenvalue weighted by molar-refractivity contribution is 7.12. The molecule has 0 saturated heterocycles. The van der Waals surface area contributed by atoms with E-state index in [2.05, 4.69) is 30.3 Å². The summed E-state index contributed by atoms with van der Waals surface area (Å²) in [4.78, 5) is 17.2. The Morgan fingerprint density at radius 1 is 1.23 bits per heavy atom. The number of thiazole rings is 1. The summed E-state index contributed by atoms with van der Waals surface area (Å²) in [5, 5.41) is 16.3. The van der Waals surface area contributed by atoms with Crippen LogP contribution in [0.15, 0.2) is 54.0 Å². The number of amides is 1. The Labute approximate surface area is 184 Å². The second-order valence-corrected chi connectivity index (χ2v) is 8.88. The molecule has 0 fully saturated rings. The van der Waals surface area contributed by atoms with Crippen molar-refractivity contribution in [3.8, 4) is 5.13 Å². The van der Waals surface area contributed by atoms with Crippen LogP contribution in [-0.2, 0) is 13.0 Å². The molecule has 2 heterocycles. The van der Waals surface area contributed by atoms with E-state index in [4.69, 9.17) is 16.7 Å². The number of carbonyl (C=O) groups excluding carboxylic acids is 1. The first-order valence-electron chi connectivity index (χ1n) is 9.71. The summed E-state index contributed by atoms with van der Waals surface area (Å²) >= 11 is 7.67. The number of aromatic nitrogens is 2. The highest BCUT2D eigenvalue weighted by Crippen LogP contribution is 2.30. The highest BCUT2D eigenvalue weighted by Gasteiger charge is 2.16. The normalized spacial score (nSPS) is 11.4. The standard InChI is InChI=1S/C23H22ClN3O2S/c1-14(2)9-16-11-27(21-10-17(24)5-8-19(16)21)23-26-20(13-30-23)22(29)25-18-6-3-15(12-28)4-7-18/h3-8,10-11,13-14,28H,9,12H2,1-2H3,(H,25,29). The molecule has 4 rings (SSSR count). The van der Waals surface area contributed by atoms with E-state index in [0.717, 1.165) is 28.0 Å². The number of aliphatic hydroxyl groups excluding tert-OH is 1. The number of fused-ring (bicyclic) bond motifs is 1. The van der Waals surface area contributed by atoms with Crippen LogP contribution in [0.3, 0.4) is 0 Å². The lowest BCUT2D eigenvalue weighted by molar-refractivity contribution is 0.102. The number of benzene rings is 2. The molecule has 154 valence electrons. The first kappa shape index (κ1) is 20.6. The summed E-state index contributed by atoms with van der Waals surface area (Å²) in [6.07, 6.45) is 3.04. The van der Waals surface area contributed by atoms with Crippen LogP contribution in [0.1, 0.15) is 35.5 Å². The third-order valence-electron chi connectivity index (χ3n) is 4.80. The van der Waals surface area contributed by atoms with Crippen molar-refractivity contribution in [1.82, 2.24) is 9.55 Å². The molecule has 0 aliphatic heterocycles. The van der Waals surface area contributed by atoms with Crippen LogP contribution in [-0.4, -0.2) is 20.6 Å². The number of hydrogen-bond acceptors (Lipinski definition) is 4. The molecule has 2 aromatic heterocycles. The summed E-state index contributed by atoms with van der Waals surface area (Å²) in [5.41, 5.74) is 4.03. The van der Waals surface area contributed by atoms with E-state index in [-0.39, 0.29) is 12.5 Å². The Bertz CT molecular complexity index is 1200. The zero-order chi connectivity index (χ0) is 21.3. The second-order valence-electron chi connectivity index (χ2n) is 7.61. The summed E-state index contributed by atoms with van der Waals surface area (Å²) in [6.45, 7) is 4.35. The van der Waals surface area contributed by atoms with Gasteiger partial charge in [-0.3, -0.25) is 9.36 Å². The van der Waals surface area contributed by atoms with Gasteiger partial charge < -0.3 is 10.4 Å². The quantitative estimate of drug-likeness (QED) is 0.406. The largest absolute Gasteiger partial charge is 0.392 e. The molecule has 7 heteroatoms. The Balaban J connectivity index is 1.63. The van der Waals surface area contributed by atoms with Crippen molar-refractivity contribution in [2.24, 2.45) is 5.92 Å². The molecule has 5 nitrogen and oxygen atoms in total. The molecule has 2 aromatic carbocycles. The lowest BCUT2D eigenvalue weighted by Crippen LogP contribution is -2.12. The van der Waals surface area contributed by atoms with E-state index in [9.17, 15) is 4.79 Å². The monoisotopic (exact) mass is 439 g/mol. The molecule has 0 atom stereocenters. The highest BCUT2D eigenvalue weighted by atomic mass is 35.5. The number of rotatable bonds is 6. The number of anilines is 1. The Hall–Kier alpha value is -2.67. The molecule has 30 heavy (non-hydrogen) atoms. The lowest BCUT2D eigenvalue weighted by Gasteiger charge is -2.04. The predicted molar refractivity (Wildman–Crippen MR) is 123 cm³/mol. The fourth-order valence-corrected chi connectivity index (χ4v) is 4.36. The smallest absolute Gasteiger partial charge is 0.275 e. The first-order valence-corrected chi connectivity index (χ1v) is 11.0. The van der Waals surface area contributed by atoms with Crippen molar-refractivity contribution in [3.63, 3.8) is 0 Å². The van der Waals surface area contributed by atoms with E-state index in [0.29, 0.717) is 22.3 Å². The average molecular weight is 440 g/mol. The number of nitrogens with one attached hydrogen (secondary N) is 1. The molecular weight excluding hydrogens is 418 g/mol. The zero-order valence-electron chi connectivity index (χ0n) is 16.7. The van der Waals surface area contributed by atoms with Crippen LogP contribution >= 0.6 is 22.9 Å². The molecule has 0 radical (unpaired) electrons. The van der Waals surface area contributed by atoms with Crippen LogP contribution < -0.4 is 5.32 Å². The Morgan fingerprint density at radius 3 is 2.70 bits per heavy atom. The third-order valence-corrected chi connectivity index (χ3v) is 5.88. The number of aliphatic hydroxyl groups is 1. The van der Waals surface area contributed by atoms with E-state index < -0.39 is 0 Å². The van der Waals surface area contributed by atoms with E-state index in [1.165, 1.54) is 16.9 Å². The van der Waals surface area contributed by atoms with Gasteiger partial charge in [0.15, 0.2) is 5.13 Å². The fraction of sp³-hybridized carbons (Fsp3) is 0.217. The van der Waals surface area contributed by atoms with Crippen molar-refractivity contribution >= 4 is 45.4 Å². The average Bonchev–Trinajstić information content (AvgIpc) is 3.33. The van der Waals surface area contributed by atoms with Crippen LogP contribution in [0.5, 0.6) is 0 Å². The van der Waals surface area contributed by atoms with Gasteiger partial charge >= 0.3 is 0 Å². The molecule has 0 aliphatic rings. The molecule has 0 unspecified atom stereocenters. The molecule has 2 N–H and O–H groups in total. The van der Waals surface area contributed by atoms with Gasteiger partial charge in [-0.15, -0.1) is 11.3 Å². The minimum atomic E-state index is -0.272. The summed E-state index contributed by atoms with van der Waals surface area (Å²) < 4.78 is 2.01. The van der Waals surface area contributed by atoms with E-state index >= 15 is 0 Å². The van der Waals surface area contributed by atoms with Gasteiger partial charge in [0, 0.05) is 27.7 Å². The summed E-state index contributed by atoms with van der Waals surface area (Å²) in [7, 11) is 0. The van der Waals surface area contributed by atoms with Crippen molar-refractivity contribution in [3.05, 3.63) is 75.9 Å². The van der Waals surface area contributed by atoms with Crippen molar-refractivity contribution in [2.75, 3.05) is 5.32 Å². The molecule has 1 amide bonds. The molecule has 0 aliphatic carbocycles. The maximum Gasteiger partial charge on any atom is 0.275 e. The molecule has 0 spiro atoms. The Morgan fingerprint density at radius 2 is 2.00 bits per heavy atom. The molecule has 0 bridgehead atoms. The van der Waals surface area contributed by atoms with Crippen LogP contribution in [0.25, 0.3) is 16.0 Å². The van der Waals surface area contributed by atoms with Gasteiger partial charge in [-0.1, -0.05) is 43.6 Å². The lowest BCUT2D eigenvalue weighted by atomic mass is 10.0. The van der Waals surface area contributed by atoms with Gasteiger partial charge in [0.05, 0.1) is 12.1 Å². The summed E-state index contributed by atoms with van der Waals surface area (Å²) in [6, 6.07) is 12.9. The van der Waals surface area contributed by atoms with E-state index in [1.54, 1.807) is 29.6 Å². The van der Waals surface area contributed by atoms with Gasteiger partial charge in [0.1, 0.15) is 5.69 Å². The zero-order valence-corrected chi connectivity index (χ0v) is 18.3. The van der Waals surface area contributed by atoms with Gasteiger partial charge in [-0.25, -0.2) is 4.98 Å². The number of nitrogens with zero attached hydrogens (tertiary/aromatic N) is 2. The van der Waals surface area contributed by atoms with Crippen molar-refractivity contribution < 1.29 is 9.90 Å². The summed E-state index contributed by atoms with van der Waals surface area (Å²) in [5.74, 6) is 0.251. The SMILES string of the molecule is CC(C)Cc1cn(-c2nc(C(=O)Nc3ccc(CO)cc3)cs2)c2cc(Cl)ccc12. The topological polar surface area (TPSA) is 67.2 Å². The van der Waals surface area contributed by atoms with Gasteiger partial charge in [0.2, 0.25) is 0 Å². The van der Waals surface area contributed by atoms with Crippen molar-refractivity contribution in [1.29, 1.82) is 0 Å². The van der Waals surface area contributed by atoms with Crippen molar-refractivity contribution in [2.45, 2.75) is 26.9 Å². The van der Waals surface area contributed by atoms with Crippen LogP contribution in [0, 0.1) is 5.92 Å². The Kier molecular flexibility index (Phi) is 5.90. The number of carbonyl (C=O) groups is 1. The molecular formula is C23H22ClN3O2S. The molecule has 0 saturated carbocycles. The maximum absolute atomic E-state index is 12.6. The minimum Gasteiger partial charge on any atom is -0.392 e. The van der Waals surface area contributed by atoms with Gasteiger partial charge in [0.25, 0.3) is 5.91 Å². The fourth-order valence-electron chi connectivity index (χ4n) is 3.40. The van der Waals surface area contributed by atoms with Crippen LogP contribution in [0.4, 0.5) is 5.69 Å². The maximum atomic E-state index is 12.6. The third kappa shape index (κ3) is 4.26. The minimum absolute atomic E-state index is 0.0304. The number of hydrogen-bond donors (Lipinski definition) is 2. The van der Waals surface area contributed by atoms with Crippen LogP contribution in [0.2, 0.25) is 5.02 Å². The predicted octanol–water partition coefficient (Wildman–Crippen LogP) is 5.68. The van der Waals surface area contributed by atoms with Gasteiger partial charge in [-0.2, -0.15) is 0 Å². The second kappa shape index (κ2) is 8.60. The first-order chi connectivity index (χ1) is 14.4. The molecule has 4 aromatic rings. The van der Waals surface area contributed by atoms with E-state index in [1.807, 2.05) is 22.8 Å².